The van der Waals surface area contributed by atoms with Crippen molar-refractivity contribution in [1.29, 1.82) is 0 Å². The van der Waals surface area contributed by atoms with Gasteiger partial charge in [-0.2, -0.15) is 4.98 Å². The van der Waals surface area contributed by atoms with E-state index in [2.05, 4.69) is 24.0 Å². The Hall–Kier alpha value is -0.900. The van der Waals surface area contributed by atoms with Crippen molar-refractivity contribution < 1.29 is 4.52 Å². The zero-order chi connectivity index (χ0) is 18.4. The summed E-state index contributed by atoms with van der Waals surface area (Å²) in [5.74, 6) is 5.56. The molecule has 0 amide bonds. The first-order chi connectivity index (χ1) is 13.2. The normalized spacial score (nSPS) is 41.1. The second-order valence-corrected chi connectivity index (χ2v) is 10.2. The van der Waals surface area contributed by atoms with Gasteiger partial charge < -0.3 is 4.52 Å². The number of aromatic nitrogens is 2. The molecule has 2 aliphatic carbocycles. The van der Waals surface area contributed by atoms with Crippen LogP contribution in [0, 0.1) is 17.8 Å². The molecule has 4 aliphatic rings. The fraction of sp³-hybridized carbons (Fsp3) is 0.913. The first-order valence-corrected chi connectivity index (χ1v) is 11.8. The maximum Gasteiger partial charge on any atom is 0.231 e. The van der Waals surface area contributed by atoms with E-state index in [0.29, 0.717) is 17.9 Å². The van der Waals surface area contributed by atoms with Gasteiger partial charge in [-0.3, -0.25) is 4.90 Å². The Morgan fingerprint density at radius 1 is 0.926 bits per heavy atom. The highest BCUT2D eigenvalue weighted by Crippen LogP contribution is 2.52. The van der Waals surface area contributed by atoms with Gasteiger partial charge in [0.15, 0.2) is 5.82 Å². The molecule has 0 spiro atoms. The molecule has 2 bridgehead atoms. The van der Waals surface area contributed by atoms with Crippen molar-refractivity contribution >= 4 is 0 Å². The summed E-state index contributed by atoms with van der Waals surface area (Å²) in [6.45, 7) is 2.43. The molecule has 0 N–H and O–H groups in total. The van der Waals surface area contributed by atoms with Gasteiger partial charge in [0, 0.05) is 18.0 Å². The van der Waals surface area contributed by atoms with E-state index in [0.717, 1.165) is 35.5 Å². The molecule has 4 nitrogen and oxygen atoms in total. The van der Waals surface area contributed by atoms with Crippen LogP contribution in [0.1, 0.15) is 108 Å². The third-order valence-electron chi connectivity index (χ3n) is 8.69. The minimum atomic E-state index is 0.469. The highest BCUT2D eigenvalue weighted by atomic mass is 16.5. The number of hydrogen-bond donors (Lipinski definition) is 0. The van der Waals surface area contributed by atoms with Crippen molar-refractivity contribution in [2.24, 2.45) is 17.8 Å². The van der Waals surface area contributed by atoms with E-state index in [1.54, 1.807) is 0 Å². The molecule has 0 radical (unpaired) electrons. The summed E-state index contributed by atoms with van der Waals surface area (Å²) >= 11 is 0. The van der Waals surface area contributed by atoms with Crippen LogP contribution in [0.3, 0.4) is 0 Å². The van der Waals surface area contributed by atoms with Crippen LogP contribution in [-0.2, 0) is 0 Å². The summed E-state index contributed by atoms with van der Waals surface area (Å²) in [5.41, 5.74) is 0. The molecule has 4 fully saturated rings. The van der Waals surface area contributed by atoms with E-state index in [4.69, 9.17) is 9.51 Å². The Kier molecular flexibility index (Phi) is 5.04. The largest absolute Gasteiger partial charge is 0.339 e. The van der Waals surface area contributed by atoms with Gasteiger partial charge in [-0.25, -0.2) is 0 Å². The van der Waals surface area contributed by atoms with Crippen LogP contribution in [0.2, 0.25) is 0 Å². The quantitative estimate of drug-likeness (QED) is 0.702. The third-order valence-corrected chi connectivity index (χ3v) is 8.69. The van der Waals surface area contributed by atoms with E-state index in [1.807, 2.05) is 0 Å². The molecule has 150 valence electrons. The Morgan fingerprint density at radius 2 is 1.70 bits per heavy atom. The number of piperidine rings is 1. The molecule has 27 heavy (non-hydrogen) atoms. The van der Waals surface area contributed by atoms with Gasteiger partial charge in [-0.05, 0) is 69.7 Å². The summed E-state index contributed by atoms with van der Waals surface area (Å²) < 4.78 is 6.01. The summed E-state index contributed by atoms with van der Waals surface area (Å²) in [6, 6.07) is 1.41. The molecule has 4 heteroatoms. The fourth-order valence-electron chi connectivity index (χ4n) is 6.96. The summed E-state index contributed by atoms with van der Waals surface area (Å²) in [4.78, 5) is 7.71. The van der Waals surface area contributed by atoms with E-state index in [1.165, 1.54) is 77.0 Å². The Bertz CT molecular complexity index is 629. The molecule has 3 heterocycles. The molecule has 0 aromatic carbocycles. The standard InChI is InChI=1S/C23H37N3O/c1-15-8-10-16(11-9-15)19-14-18-12-13-20(26(18)2)21(19)23-24-22(25-27-23)17-6-4-3-5-7-17/h15-21H,3-14H2,1-2H3/t15?,16?,18-,19-,20?,21+/m1/s1. The van der Waals surface area contributed by atoms with Crippen LogP contribution < -0.4 is 0 Å². The van der Waals surface area contributed by atoms with E-state index < -0.39 is 0 Å². The smallest absolute Gasteiger partial charge is 0.231 e. The zero-order valence-corrected chi connectivity index (χ0v) is 17.3. The van der Waals surface area contributed by atoms with Gasteiger partial charge in [-0.15, -0.1) is 0 Å². The number of fused-ring (bicyclic) bond motifs is 2. The number of likely N-dealkylation sites (N-methyl/N-ethyl adjacent to an activating group) is 1. The maximum absolute atomic E-state index is 6.01. The third kappa shape index (κ3) is 3.36. The zero-order valence-electron chi connectivity index (χ0n) is 17.3. The number of hydrogen-bond acceptors (Lipinski definition) is 4. The second-order valence-electron chi connectivity index (χ2n) is 10.2. The van der Waals surface area contributed by atoms with Crippen LogP contribution >= 0.6 is 0 Å². The van der Waals surface area contributed by atoms with E-state index >= 15 is 0 Å². The van der Waals surface area contributed by atoms with Crippen LogP contribution in [0.5, 0.6) is 0 Å². The molecule has 1 unspecified atom stereocenters. The van der Waals surface area contributed by atoms with Gasteiger partial charge in [0.05, 0.1) is 5.92 Å². The SMILES string of the molecule is CC1CCC([C@H]2C[C@H]3CCC([C@H]2c2nc(C4CCCCC4)no2)N3C)CC1. The lowest BCUT2D eigenvalue weighted by Crippen LogP contribution is -2.47. The highest BCUT2D eigenvalue weighted by molar-refractivity contribution is 5.12. The lowest BCUT2D eigenvalue weighted by atomic mass is 9.67. The summed E-state index contributed by atoms with van der Waals surface area (Å²) in [6.07, 6.45) is 16.2. The van der Waals surface area contributed by atoms with Gasteiger partial charge in [0.2, 0.25) is 5.89 Å². The molecular weight excluding hydrogens is 334 g/mol. The second kappa shape index (κ2) is 7.50. The molecule has 2 saturated heterocycles. The minimum absolute atomic E-state index is 0.469. The first-order valence-electron chi connectivity index (χ1n) is 11.8. The lowest BCUT2D eigenvalue weighted by molar-refractivity contribution is 0.0449. The molecule has 5 rings (SSSR count). The van der Waals surface area contributed by atoms with Crippen LogP contribution in [-0.4, -0.2) is 34.2 Å². The van der Waals surface area contributed by atoms with Crippen molar-refractivity contribution in [1.82, 2.24) is 15.0 Å². The van der Waals surface area contributed by atoms with Gasteiger partial charge in [-0.1, -0.05) is 44.2 Å². The molecular formula is C23H37N3O. The molecule has 2 aliphatic heterocycles. The monoisotopic (exact) mass is 371 g/mol. The average molecular weight is 372 g/mol. The topological polar surface area (TPSA) is 42.2 Å². The Labute approximate surface area is 164 Å². The molecule has 4 atom stereocenters. The highest BCUT2D eigenvalue weighted by Gasteiger charge is 2.50. The van der Waals surface area contributed by atoms with Gasteiger partial charge >= 0.3 is 0 Å². The Morgan fingerprint density at radius 3 is 2.48 bits per heavy atom. The first kappa shape index (κ1) is 18.1. The van der Waals surface area contributed by atoms with Crippen molar-refractivity contribution in [3.63, 3.8) is 0 Å². The lowest BCUT2D eigenvalue weighted by Gasteiger charge is -2.46. The minimum Gasteiger partial charge on any atom is -0.339 e. The maximum atomic E-state index is 6.01. The summed E-state index contributed by atoms with van der Waals surface area (Å²) in [5, 5.41) is 4.51. The van der Waals surface area contributed by atoms with Crippen LogP contribution in [0.4, 0.5) is 0 Å². The van der Waals surface area contributed by atoms with Crippen molar-refractivity contribution in [2.45, 2.75) is 108 Å². The molecule has 1 aromatic rings. The average Bonchev–Trinajstić information content (AvgIpc) is 3.26. The van der Waals surface area contributed by atoms with Gasteiger partial charge in [0.1, 0.15) is 0 Å². The predicted octanol–water partition coefficient (Wildman–Crippen LogP) is 5.51. The molecule has 1 aromatic heterocycles. The summed E-state index contributed by atoms with van der Waals surface area (Å²) in [7, 11) is 2.34. The van der Waals surface area contributed by atoms with Gasteiger partial charge in [0.25, 0.3) is 0 Å². The van der Waals surface area contributed by atoms with Crippen molar-refractivity contribution in [3.05, 3.63) is 11.7 Å². The van der Waals surface area contributed by atoms with Crippen LogP contribution in [0.15, 0.2) is 4.52 Å². The molecule has 2 saturated carbocycles. The Balaban J connectivity index is 1.41. The number of rotatable bonds is 3. The fourth-order valence-corrected chi connectivity index (χ4v) is 6.96. The van der Waals surface area contributed by atoms with E-state index in [-0.39, 0.29) is 0 Å². The predicted molar refractivity (Wildman–Crippen MR) is 107 cm³/mol. The number of nitrogens with zero attached hydrogens (tertiary/aromatic N) is 3. The van der Waals surface area contributed by atoms with Crippen molar-refractivity contribution in [3.8, 4) is 0 Å². The van der Waals surface area contributed by atoms with Crippen LogP contribution in [0.25, 0.3) is 0 Å². The van der Waals surface area contributed by atoms with E-state index in [9.17, 15) is 0 Å². The van der Waals surface area contributed by atoms with Crippen molar-refractivity contribution in [2.75, 3.05) is 7.05 Å².